The average molecular weight is 255 g/mol. The Morgan fingerprint density at radius 2 is 2.31 bits per heavy atom. The summed E-state index contributed by atoms with van der Waals surface area (Å²) in [6.07, 6.45) is 1.66. The van der Waals surface area contributed by atoms with Gasteiger partial charge in [-0.05, 0) is 30.7 Å². The van der Waals surface area contributed by atoms with Gasteiger partial charge in [0, 0.05) is 6.20 Å². The van der Waals surface area contributed by atoms with Crippen molar-refractivity contribution in [2.45, 2.75) is 6.92 Å². The lowest BCUT2D eigenvalue weighted by Crippen LogP contribution is -2.12. The number of hydrogen-bond acceptors (Lipinski definition) is 5. The van der Waals surface area contributed by atoms with Crippen molar-refractivity contribution in [2.24, 2.45) is 0 Å². The highest BCUT2D eigenvalue weighted by atomic mass is 35.5. The van der Waals surface area contributed by atoms with E-state index in [2.05, 4.69) is 20.5 Å². The first-order valence-corrected chi connectivity index (χ1v) is 5.58. The van der Waals surface area contributed by atoms with Crippen LogP contribution in [0, 0.1) is 6.92 Å². The number of aromatic nitrogens is 3. The third-order valence-corrected chi connectivity index (χ3v) is 2.87. The second-order valence-corrected chi connectivity index (χ2v) is 4.51. The summed E-state index contributed by atoms with van der Waals surface area (Å²) in [5.41, 5.74) is 1.39. The first-order valence-electron chi connectivity index (χ1n) is 4.39. The minimum atomic E-state index is -0.333. The van der Waals surface area contributed by atoms with Gasteiger partial charge in [-0.25, -0.2) is 0 Å². The Balaban J connectivity index is 2.17. The molecule has 16 heavy (non-hydrogen) atoms. The Hall–Kier alpha value is -1.53. The van der Waals surface area contributed by atoms with Crippen molar-refractivity contribution in [1.29, 1.82) is 0 Å². The van der Waals surface area contributed by atoms with Gasteiger partial charge in [0.05, 0.1) is 11.4 Å². The molecule has 2 aromatic heterocycles. The van der Waals surface area contributed by atoms with Crippen molar-refractivity contribution in [3.05, 3.63) is 33.5 Å². The first kappa shape index (κ1) is 11.0. The molecule has 0 saturated carbocycles. The summed E-state index contributed by atoms with van der Waals surface area (Å²) in [7, 11) is 0. The number of nitrogens with one attached hydrogen (secondary N) is 1. The van der Waals surface area contributed by atoms with E-state index in [9.17, 15) is 4.79 Å². The molecule has 0 saturated heterocycles. The molecule has 0 aliphatic rings. The Morgan fingerprint density at radius 3 is 2.94 bits per heavy atom. The predicted octanol–water partition coefficient (Wildman–Crippen LogP) is 2.15. The Morgan fingerprint density at radius 1 is 1.50 bits per heavy atom. The lowest BCUT2D eigenvalue weighted by molar-refractivity contribution is 0.102. The Bertz CT molecular complexity index is 528. The van der Waals surface area contributed by atoms with Gasteiger partial charge in [-0.2, -0.15) is 0 Å². The van der Waals surface area contributed by atoms with Crippen molar-refractivity contribution in [3.8, 4) is 0 Å². The van der Waals surface area contributed by atoms with E-state index in [-0.39, 0.29) is 15.4 Å². The van der Waals surface area contributed by atoms with Gasteiger partial charge in [0.2, 0.25) is 9.47 Å². The monoisotopic (exact) mass is 254 g/mol. The van der Waals surface area contributed by atoms with Crippen molar-refractivity contribution < 1.29 is 4.79 Å². The molecule has 1 N–H and O–H groups in total. The fourth-order valence-corrected chi connectivity index (χ4v) is 1.81. The number of carbonyl (C=O) groups is 1. The quantitative estimate of drug-likeness (QED) is 0.892. The molecule has 0 radical (unpaired) electrons. The van der Waals surface area contributed by atoms with Crippen LogP contribution in [0.1, 0.15) is 15.5 Å². The van der Waals surface area contributed by atoms with Crippen molar-refractivity contribution in [3.63, 3.8) is 0 Å². The number of amides is 1. The summed E-state index contributed by atoms with van der Waals surface area (Å²) < 4.78 is 0.244. The van der Waals surface area contributed by atoms with Crippen LogP contribution in [0.15, 0.2) is 18.3 Å². The lowest BCUT2D eigenvalue weighted by Gasteiger charge is -2.04. The van der Waals surface area contributed by atoms with Gasteiger partial charge >= 0.3 is 0 Å². The zero-order valence-electron chi connectivity index (χ0n) is 8.27. The zero-order valence-corrected chi connectivity index (χ0v) is 9.84. The number of hydrogen-bond donors (Lipinski definition) is 1. The number of rotatable bonds is 2. The largest absolute Gasteiger partial charge is 0.318 e. The summed E-state index contributed by atoms with van der Waals surface area (Å²) in [6.45, 7) is 1.81. The normalized spacial score (nSPS) is 10.1. The van der Waals surface area contributed by atoms with Crippen LogP contribution >= 0.6 is 22.9 Å². The van der Waals surface area contributed by atoms with Gasteiger partial charge in [-0.1, -0.05) is 11.3 Å². The summed E-state index contributed by atoms with van der Waals surface area (Å²) >= 11 is 6.62. The molecule has 5 nitrogen and oxygen atoms in total. The van der Waals surface area contributed by atoms with E-state index in [4.69, 9.17) is 11.6 Å². The molecule has 2 rings (SSSR count). The number of anilines is 1. The lowest BCUT2D eigenvalue weighted by atomic mass is 10.3. The van der Waals surface area contributed by atoms with E-state index in [1.807, 2.05) is 6.92 Å². The smallest absolute Gasteiger partial charge is 0.286 e. The topological polar surface area (TPSA) is 67.8 Å². The maximum absolute atomic E-state index is 11.7. The third kappa shape index (κ3) is 2.34. The minimum absolute atomic E-state index is 0.230. The van der Waals surface area contributed by atoms with E-state index < -0.39 is 0 Å². The van der Waals surface area contributed by atoms with E-state index >= 15 is 0 Å². The summed E-state index contributed by atoms with van der Waals surface area (Å²) in [4.78, 5) is 15.7. The van der Waals surface area contributed by atoms with Crippen LogP contribution < -0.4 is 5.32 Å². The number of aryl methyl sites for hydroxylation is 1. The molecule has 2 heterocycles. The van der Waals surface area contributed by atoms with E-state index in [1.165, 1.54) is 0 Å². The molecule has 0 fully saturated rings. The second kappa shape index (κ2) is 4.54. The van der Waals surface area contributed by atoms with Crippen LogP contribution in [0.4, 0.5) is 5.69 Å². The SMILES string of the molecule is Cc1ncccc1NC(=O)c1nnc(Cl)s1. The van der Waals surface area contributed by atoms with E-state index in [0.29, 0.717) is 5.69 Å². The predicted molar refractivity (Wildman–Crippen MR) is 61.8 cm³/mol. The molecule has 0 unspecified atom stereocenters. The summed E-state index contributed by atoms with van der Waals surface area (Å²) in [5, 5.41) is 10.1. The van der Waals surface area contributed by atoms with Crippen LogP contribution in [-0.2, 0) is 0 Å². The fourth-order valence-electron chi connectivity index (χ4n) is 1.09. The van der Waals surface area contributed by atoms with Crippen molar-refractivity contribution in [2.75, 3.05) is 5.32 Å². The highest BCUT2D eigenvalue weighted by Crippen LogP contribution is 2.17. The molecular formula is C9H7ClN4OS. The molecule has 2 aromatic rings. The number of pyridine rings is 1. The number of halogens is 1. The Labute approximate surface area is 101 Å². The standard InChI is InChI=1S/C9H7ClN4OS/c1-5-6(3-2-4-11-5)12-7(15)8-13-14-9(10)16-8/h2-4H,1H3,(H,12,15). The van der Waals surface area contributed by atoms with Crippen LogP contribution in [-0.4, -0.2) is 21.1 Å². The molecule has 1 amide bonds. The van der Waals surface area contributed by atoms with Crippen molar-refractivity contribution >= 4 is 34.5 Å². The maximum atomic E-state index is 11.7. The van der Waals surface area contributed by atoms with Crippen LogP contribution in [0.5, 0.6) is 0 Å². The average Bonchev–Trinajstić information content (AvgIpc) is 2.68. The van der Waals surface area contributed by atoms with Crippen molar-refractivity contribution in [1.82, 2.24) is 15.2 Å². The molecule has 82 valence electrons. The highest BCUT2D eigenvalue weighted by Gasteiger charge is 2.12. The van der Waals surface area contributed by atoms with Gasteiger partial charge in [-0.15, -0.1) is 10.2 Å². The molecule has 0 aliphatic carbocycles. The molecule has 0 aliphatic heterocycles. The van der Waals surface area contributed by atoms with E-state index in [0.717, 1.165) is 17.0 Å². The third-order valence-electron chi connectivity index (χ3n) is 1.85. The molecule has 7 heteroatoms. The Kier molecular flexibility index (Phi) is 3.12. The zero-order chi connectivity index (χ0) is 11.5. The van der Waals surface area contributed by atoms with Crippen LogP contribution in [0.2, 0.25) is 4.47 Å². The summed E-state index contributed by atoms with van der Waals surface area (Å²) in [6, 6.07) is 3.51. The number of carbonyl (C=O) groups excluding carboxylic acids is 1. The molecule has 0 aromatic carbocycles. The fraction of sp³-hybridized carbons (Fsp3) is 0.111. The highest BCUT2D eigenvalue weighted by molar-refractivity contribution is 7.17. The maximum Gasteiger partial charge on any atom is 0.286 e. The first-order chi connectivity index (χ1) is 7.66. The molecule has 0 spiro atoms. The minimum Gasteiger partial charge on any atom is -0.318 e. The number of nitrogens with zero attached hydrogens (tertiary/aromatic N) is 3. The molecule has 0 atom stereocenters. The van der Waals surface area contributed by atoms with E-state index in [1.54, 1.807) is 18.3 Å². The van der Waals surface area contributed by atoms with Gasteiger partial charge in [0.1, 0.15) is 0 Å². The van der Waals surface area contributed by atoms with Crippen LogP contribution in [0.25, 0.3) is 0 Å². The molecular weight excluding hydrogens is 248 g/mol. The van der Waals surface area contributed by atoms with Crippen LogP contribution in [0.3, 0.4) is 0 Å². The van der Waals surface area contributed by atoms with Gasteiger partial charge < -0.3 is 5.32 Å². The summed E-state index contributed by atoms with van der Waals surface area (Å²) in [5.74, 6) is -0.333. The van der Waals surface area contributed by atoms with Gasteiger partial charge in [0.25, 0.3) is 5.91 Å². The second-order valence-electron chi connectivity index (χ2n) is 2.95. The van der Waals surface area contributed by atoms with Gasteiger partial charge in [-0.3, -0.25) is 9.78 Å². The van der Waals surface area contributed by atoms with Gasteiger partial charge in [0.15, 0.2) is 0 Å². The molecule has 0 bridgehead atoms.